The molecule has 0 saturated carbocycles. The van der Waals surface area contributed by atoms with Crippen LogP contribution in [-0.2, 0) is 13.0 Å². The average molecular weight is 275 g/mol. The summed E-state index contributed by atoms with van der Waals surface area (Å²) in [6, 6.07) is 12.7. The van der Waals surface area contributed by atoms with Crippen molar-refractivity contribution in [1.82, 2.24) is 0 Å². The van der Waals surface area contributed by atoms with Gasteiger partial charge in [-0.05, 0) is 36.1 Å². The van der Waals surface area contributed by atoms with Crippen molar-refractivity contribution in [1.29, 1.82) is 0 Å². The molecule has 1 nitrogen and oxygen atoms in total. The topological polar surface area (TPSA) is 12.0 Å². The molecule has 0 heterocycles. The second kappa shape index (κ2) is 6.51. The summed E-state index contributed by atoms with van der Waals surface area (Å²) in [6.07, 6.45) is -1.47. The van der Waals surface area contributed by atoms with Crippen molar-refractivity contribution in [3.63, 3.8) is 0 Å². The molecular formula is C17H19F2N. The summed E-state index contributed by atoms with van der Waals surface area (Å²) in [5.41, 5.74) is 4.47. The molecule has 2 aromatic rings. The third kappa shape index (κ3) is 3.35. The highest BCUT2D eigenvalue weighted by Gasteiger charge is 2.08. The quantitative estimate of drug-likeness (QED) is 0.799. The van der Waals surface area contributed by atoms with Crippen molar-refractivity contribution in [2.75, 3.05) is 5.32 Å². The zero-order valence-corrected chi connectivity index (χ0v) is 11.8. The average Bonchev–Trinajstić information content (AvgIpc) is 2.46. The fraction of sp³-hybridized carbons (Fsp3) is 0.294. The van der Waals surface area contributed by atoms with Gasteiger partial charge in [0.2, 0.25) is 0 Å². The summed E-state index contributed by atoms with van der Waals surface area (Å²) in [7, 11) is 0. The van der Waals surface area contributed by atoms with Crippen LogP contribution in [0, 0.1) is 6.92 Å². The second-order valence-electron chi connectivity index (χ2n) is 4.86. The van der Waals surface area contributed by atoms with Crippen molar-refractivity contribution < 1.29 is 8.78 Å². The zero-order valence-electron chi connectivity index (χ0n) is 11.8. The van der Waals surface area contributed by atoms with Crippen molar-refractivity contribution in [3.8, 4) is 0 Å². The maximum atomic E-state index is 12.7. The molecule has 106 valence electrons. The summed E-state index contributed by atoms with van der Waals surface area (Å²) in [6.45, 7) is 4.72. The van der Waals surface area contributed by atoms with Crippen LogP contribution in [0.3, 0.4) is 0 Å². The Morgan fingerprint density at radius 2 is 1.85 bits per heavy atom. The van der Waals surface area contributed by atoms with E-state index in [0.717, 1.165) is 17.7 Å². The lowest BCUT2D eigenvalue weighted by Gasteiger charge is -2.14. The van der Waals surface area contributed by atoms with Crippen LogP contribution in [0.2, 0.25) is 0 Å². The molecule has 2 aromatic carbocycles. The van der Waals surface area contributed by atoms with Gasteiger partial charge in [-0.2, -0.15) is 0 Å². The number of hydrogen-bond acceptors (Lipinski definition) is 1. The predicted molar refractivity (Wildman–Crippen MR) is 79.3 cm³/mol. The SMILES string of the molecule is CCc1cccc(C)c1NCc1cccc(C(F)F)c1. The molecule has 0 amide bonds. The van der Waals surface area contributed by atoms with Crippen LogP contribution in [0.15, 0.2) is 42.5 Å². The first-order valence-electron chi connectivity index (χ1n) is 6.81. The van der Waals surface area contributed by atoms with Crippen LogP contribution in [0.5, 0.6) is 0 Å². The first-order chi connectivity index (χ1) is 9.61. The van der Waals surface area contributed by atoms with Gasteiger partial charge in [0.05, 0.1) is 0 Å². The summed E-state index contributed by atoms with van der Waals surface area (Å²) in [4.78, 5) is 0. The Bertz CT molecular complexity index is 579. The minimum absolute atomic E-state index is 0.0739. The predicted octanol–water partition coefficient (Wildman–Crippen LogP) is 5.11. The Balaban J connectivity index is 2.15. The van der Waals surface area contributed by atoms with E-state index in [2.05, 4.69) is 31.3 Å². The van der Waals surface area contributed by atoms with E-state index in [-0.39, 0.29) is 5.56 Å². The number of anilines is 1. The van der Waals surface area contributed by atoms with Gasteiger partial charge >= 0.3 is 0 Å². The van der Waals surface area contributed by atoms with Gasteiger partial charge in [0.15, 0.2) is 0 Å². The summed E-state index contributed by atoms with van der Waals surface area (Å²) in [5.74, 6) is 0. The van der Waals surface area contributed by atoms with Gasteiger partial charge < -0.3 is 5.32 Å². The fourth-order valence-electron chi connectivity index (χ4n) is 2.31. The highest BCUT2D eigenvalue weighted by molar-refractivity contribution is 5.57. The van der Waals surface area contributed by atoms with Crippen LogP contribution < -0.4 is 5.32 Å². The van der Waals surface area contributed by atoms with Gasteiger partial charge in [-0.15, -0.1) is 0 Å². The number of hydrogen-bond donors (Lipinski definition) is 1. The highest BCUT2D eigenvalue weighted by atomic mass is 19.3. The molecule has 0 fully saturated rings. The Kier molecular flexibility index (Phi) is 4.72. The molecule has 0 aliphatic heterocycles. The molecule has 0 saturated heterocycles. The van der Waals surface area contributed by atoms with Gasteiger partial charge in [0, 0.05) is 17.8 Å². The molecule has 3 heteroatoms. The molecule has 1 N–H and O–H groups in total. The van der Waals surface area contributed by atoms with Gasteiger partial charge in [0.1, 0.15) is 0 Å². The number of para-hydroxylation sites is 1. The van der Waals surface area contributed by atoms with E-state index >= 15 is 0 Å². The zero-order chi connectivity index (χ0) is 14.5. The maximum Gasteiger partial charge on any atom is 0.263 e. The number of alkyl halides is 2. The van der Waals surface area contributed by atoms with E-state index in [1.165, 1.54) is 17.2 Å². The number of benzene rings is 2. The highest BCUT2D eigenvalue weighted by Crippen LogP contribution is 2.23. The van der Waals surface area contributed by atoms with Crippen molar-refractivity contribution >= 4 is 5.69 Å². The van der Waals surface area contributed by atoms with E-state index in [9.17, 15) is 8.78 Å². The molecule has 0 spiro atoms. The number of aryl methyl sites for hydroxylation is 2. The van der Waals surface area contributed by atoms with Crippen LogP contribution in [0.1, 0.15) is 35.6 Å². The second-order valence-corrected chi connectivity index (χ2v) is 4.86. The Morgan fingerprint density at radius 1 is 1.10 bits per heavy atom. The van der Waals surface area contributed by atoms with Crippen LogP contribution >= 0.6 is 0 Å². The summed E-state index contributed by atoms with van der Waals surface area (Å²) < 4.78 is 25.3. The van der Waals surface area contributed by atoms with Gasteiger partial charge in [-0.3, -0.25) is 0 Å². The van der Waals surface area contributed by atoms with E-state index in [1.807, 2.05) is 12.1 Å². The largest absolute Gasteiger partial charge is 0.381 e. The number of halogens is 2. The van der Waals surface area contributed by atoms with E-state index < -0.39 is 6.43 Å². The molecule has 0 aromatic heterocycles. The Morgan fingerprint density at radius 3 is 2.55 bits per heavy atom. The number of nitrogens with one attached hydrogen (secondary N) is 1. The van der Waals surface area contributed by atoms with E-state index in [4.69, 9.17) is 0 Å². The molecular weight excluding hydrogens is 256 g/mol. The monoisotopic (exact) mass is 275 g/mol. The first kappa shape index (κ1) is 14.5. The smallest absolute Gasteiger partial charge is 0.263 e. The summed E-state index contributed by atoms with van der Waals surface area (Å²) in [5, 5.41) is 3.37. The van der Waals surface area contributed by atoms with Crippen LogP contribution in [0.25, 0.3) is 0 Å². The lowest BCUT2D eigenvalue weighted by atomic mass is 10.1. The third-order valence-corrected chi connectivity index (χ3v) is 3.41. The maximum absolute atomic E-state index is 12.7. The van der Waals surface area contributed by atoms with Crippen LogP contribution in [-0.4, -0.2) is 0 Å². The van der Waals surface area contributed by atoms with Gasteiger partial charge in [-0.25, -0.2) is 8.78 Å². The lowest BCUT2D eigenvalue weighted by molar-refractivity contribution is 0.151. The Labute approximate surface area is 118 Å². The first-order valence-corrected chi connectivity index (χ1v) is 6.81. The molecule has 0 atom stereocenters. The lowest BCUT2D eigenvalue weighted by Crippen LogP contribution is -2.04. The molecule has 0 unspecified atom stereocenters. The molecule has 0 aliphatic carbocycles. The van der Waals surface area contributed by atoms with Crippen molar-refractivity contribution in [3.05, 3.63) is 64.7 Å². The van der Waals surface area contributed by atoms with Crippen molar-refractivity contribution in [2.24, 2.45) is 0 Å². The van der Waals surface area contributed by atoms with Crippen molar-refractivity contribution in [2.45, 2.75) is 33.2 Å². The molecule has 0 bridgehead atoms. The summed E-state index contributed by atoms with van der Waals surface area (Å²) >= 11 is 0. The van der Waals surface area contributed by atoms with Gasteiger partial charge in [0.25, 0.3) is 6.43 Å². The van der Waals surface area contributed by atoms with E-state index in [1.54, 1.807) is 12.1 Å². The van der Waals surface area contributed by atoms with E-state index in [0.29, 0.717) is 6.54 Å². The molecule has 2 rings (SSSR count). The van der Waals surface area contributed by atoms with Crippen LogP contribution in [0.4, 0.5) is 14.5 Å². The molecule has 0 aliphatic rings. The standard InChI is InChI=1S/C17H19F2N/c1-3-14-8-4-6-12(2)16(14)20-11-13-7-5-9-15(10-13)17(18)19/h4-10,17,20H,3,11H2,1-2H3. The fourth-order valence-corrected chi connectivity index (χ4v) is 2.31. The normalized spacial score (nSPS) is 10.8. The molecule has 20 heavy (non-hydrogen) atoms. The Hall–Kier alpha value is -1.90. The minimum Gasteiger partial charge on any atom is -0.381 e. The van der Waals surface area contributed by atoms with Gasteiger partial charge in [-0.1, -0.05) is 43.3 Å². The minimum atomic E-state index is -2.42. The third-order valence-electron chi connectivity index (χ3n) is 3.41. The number of rotatable bonds is 5. The molecule has 0 radical (unpaired) electrons.